The largest absolute Gasteiger partial charge is 0.355 e. The molecule has 0 aliphatic rings. The molecule has 0 amide bonds. The van der Waals surface area contributed by atoms with Crippen LogP contribution in [0.2, 0.25) is 0 Å². The van der Waals surface area contributed by atoms with Crippen LogP contribution < -0.4 is 5.32 Å². The number of sulfone groups is 1. The van der Waals surface area contributed by atoms with Gasteiger partial charge in [0.05, 0.1) is 14.7 Å². The van der Waals surface area contributed by atoms with Crippen LogP contribution in [0.5, 0.6) is 0 Å². The van der Waals surface area contributed by atoms with E-state index in [1.807, 2.05) is 20.8 Å². The van der Waals surface area contributed by atoms with E-state index >= 15 is 0 Å². The van der Waals surface area contributed by atoms with Crippen molar-refractivity contribution in [3.8, 4) is 0 Å². The molecule has 0 aliphatic heterocycles. The molecular weight excluding hydrogens is 372 g/mol. The predicted octanol–water partition coefficient (Wildman–Crippen LogP) is 3.21. The Hall–Kier alpha value is -1.72. The van der Waals surface area contributed by atoms with E-state index in [1.165, 1.54) is 23.5 Å². The summed E-state index contributed by atoms with van der Waals surface area (Å²) < 4.78 is 23.6. The molecule has 1 aromatic carbocycles. The number of nitrogens with one attached hydrogen (secondary N) is 1. The number of hydrogen-bond donors (Lipinski definition) is 1. The van der Waals surface area contributed by atoms with Crippen molar-refractivity contribution in [3.05, 3.63) is 28.3 Å². The lowest BCUT2D eigenvalue weighted by atomic mass is 10.1. The monoisotopic (exact) mass is 388 g/mol. The summed E-state index contributed by atoms with van der Waals surface area (Å²) in [6.07, 6.45) is 1.01. The molecule has 0 aliphatic carbocycles. The zero-order valence-electron chi connectivity index (χ0n) is 13.4. The molecule has 1 aromatic heterocycles. The van der Waals surface area contributed by atoms with Gasteiger partial charge in [-0.15, -0.1) is 10.2 Å². The van der Waals surface area contributed by atoms with Crippen molar-refractivity contribution in [2.75, 3.05) is 11.6 Å². The minimum atomic E-state index is -3.51. The second-order valence-corrected chi connectivity index (χ2v) is 10.3. The normalized spacial score (nSPS) is 12.2. The van der Waals surface area contributed by atoms with Gasteiger partial charge in [-0.05, 0) is 44.7 Å². The van der Waals surface area contributed by atoms with Gasteiger partial charge in [0.2, 0.25) is 5.13 Å². The SMILES string of the molecule is CC(C)(C)Nc1nnc(Sc2ccc(S(C)(=O)=O)cc2[N+](=O)[O-])s1. The van der Waals surface area contributed by atoms with Crippen molar-refractivity contribution in [2.45, 2.75) is 40.4 Å². The van der Waals surface area contributed by atoms with Gasteiger partial charge in [-0.2, -0.15) is 0 Å². The lowest BCUT2D eigenvalue weighted by Crippen LogP contribution is -2.25. The van der Waals surface area contributed by atoms with Gasteiger partial charge in [0.1, 0.15) is 0 Å². The lowest BCUT2D eigenvalue weighted by Gasteiger charge is -2.18. The average molecular weight is 388 g/mol. The molecule has 0 fully saturated rings. The van der Waals surface area contributed by atoms with Gasteiger partial charge in [0.15, 0.2) is 14.2 Å². The molecule has 0 bridgehead atoms. The topological polar surface area (TPSA) is 115 Å². The highest BCUT2D eigenvalue weighted by Crippen LogP contribution is 2.38. The Balaban J connectivity index is 2.31. The Morgan fingerprint density at radius 3 is 2.50 bits per heavy atom. The van der Waals surface area contributed by atoms with E-state index in [1.54, 1.807) is 0 Å². The van der Waals surface area contributed by atoms with Crippen LogP contribution in [0, 0.1) is 10.1 Å². The molecule has 2 aromatic rings. The molecule has 1 heterocycles. The van der Waals surface area contributed by atoms with E-state index in [0.29, 0.717) is 14.4 Å². The molecule has 2 rings (SSSR count). The molecule has 0 spiro atoms. The fourth-order valence-electron chi connectivity index (χ4n) is 1.67. The molecule has 0 saturated heterocycles. The highest BCUT2D eigenvalue weighted by molar-refractivity contribution is 8.01. The minimum absolute atomic E-state index is 0.0918. The summed E-state index contributed by atoms with van der Waals surface area (Å²) in [5, 5.41) is 23.0. The van der Waals surface area contributed by atoms with E-state index in [2.05, 4.69) is 15.5 Å². The van der Waals surface area contributed by atoms with Gasteiger partial charge in [0, 0.05) is 17.9 Å². The van der Waals surface area contributed by atoms with E-state index in [-0.39, 0.29) is 16.1 Å². The molecule has 11 heteroatoms. The first kappa shape index (κ1) is 18.6. The van der Waals surface area contributed by atoms with E-state index in [9.17, 15) is 18.5 Å². The predicted molar refractivity (Wildman–Crippen MR) is 93.6 cm³/mol. The lowest BCUT2D eigenvalue weighted by molar-refractivity contribution is -0.388. The van der Waals surface area contributed by atoms with Crippen LogP contribution in [0.4, 0.5) is 10.8 Å². The number of aromatic nitrogens is 2. The van der Waals surface area contributed by atoms with Crippen LogP contribution in [0.15, 0.2) is 32.3 Å². The third kappa shape index (κ3) is 4.89. The molecule has 24 heavy (non-hydrogen) atoms. The molecule has 0 saturated carbocycles. The summed E-state index contributed by atoms with van der Waals surface area (Å²) in [6.45, 7) is 5.95. The van der Waals surface area contributed by atoms with Gasteiger partial charge in [0.25, 0.3) is 5.69 Å². The number of nitrogens with zero attached hydrogens (tertiary/aromatic N) is 3. The first-order chi connectivity index (χ1) is 11.0. The number of hydrogen-bond acceptors (Lipinski definition) is 9. The van der Waals surface area contributed by atoms with Gasteiger partial charge >= 0.3 is 0 Å². The molecule has 8 nitrogen and oxygen atoms in total. The van der Waals surface area contributed by atoms with Crippen molar-refractivity contribution < 1.29 is 13.3 Å². The molecule has 130 valence electrons. The fourth-order valence-corrected chi connectivity index (χ4v) is 4.32. The van der Waals surface area contributed by atoms with Crippen LogP contribution in [0.1, 0.15) is 20.8 Å². The first-order valence-corrected chi connectivity index (χ1v) is 10.3. The fraction of sp³-hybridized carbons (Fsp3) is 0.385. The Morgan fingerprint density at radius 2 is 1.96 bits per heavy atom. The summed E-state index contributed by atoms with van der Waals surface area (Å²) in [4.78, 5) is 10.9. The summed E-state index contributed by atoms with van der Waals surface area (Å²) in [5.74, 6) is 0. The minimum Gasteiger partial charge on any atom is -0.355 e. The van der Waals surface area contributed by atoms with E-state index in [0.717, 1.165) is 24.1 Å². The number of nitro benzene ring substituents is 1. The van der Waals surface area contributed by atoms with E-state index < -0.39 is 14.8 Å². The number of benzene rings is 1. The Bertz CT molecular complexity index is 872. The molecule has 0 unspecified atom stereocenters. The van der Waals surface area contributed by atoms with Gasteiger partial charge in [-0.3, -0.25) is 10.1 Å². The highest BCUT2D eigenvalue weighted by atomic mass is 32.2. The molecular formula is C13H16N4O4S3. The first-order valence-electron chi connectivity index (χ1n) is 6.74. The number of nitro groups is 1. The van der Waals surface area contributed by atoms with Crippen LogP contribution in [-0.2, 0) is 9.84 Å². The third-order valence-corrected chi connectivity index (χ3v) is 5.71. The highest BCUT2D eigenvalue weighted by Gasteiger charge is 2.21. The van der Waals surface area contributed by atoms with Crippen LogP contribution in [-0.4, -0.2) is 35.3 Å². The molecule has 1 N–H and O–H groups in total. The maximum Gasteiger partial charge on any atom is 0.284 e. The van der Waals surface area contributed by atoms with Crippen LogP contribution >= 0.6 is 23.1 Å². The Kier molecular flexibility index (Phi) is 5.16. The number of anilines is 1. The Labute approximate surface area is 147 Å². The maximum atomic E-state index is 11.6. The third-order valence-electron chi connectivity index (χ3n) is 2.64. The van der Waals surface area contributed by atoms with Crippen molar-refractivity contribution in [3.63, 3.8) is 0 Å². The van der Waals surface area contributed by atoms with Crippen molar-refractivity contribution in [1.29, 1.82) is 0 Å². The zero-order valence-corrected chi connectivity index (χ0v) is 15.9. The molecule has 0 atom stereocenters. The van der Waals surface area contributed by atoms with E-state index in [4.69, 9.17) is 0 Å². The summed E-state index contributed by atoms with van der Waals surface area (Å²) in [6, 6.07) is 3.82. The van der Waals surface area contributed by atoms with Gasteiger partial charge < -0.3 is 5.32 Å². The van der Waals surface area contributed by atoms with Gasteiger partial charge in [-0.25, -0.2) is 8.42 Å². The second-order valence-electron chi connectivity index (χ2n) is 6.01. The maximum absolute atomic E-state index is 11.6. The van der Waals surface area contributed by atoms with Crippen molar-refractivity contribution in [1.82, 2.24) is 10.2 Å². The summed E-state index contributed by atoms with van der Waals surface area (Å²) >= 11 is 2.35. The summed E-state index contributed by atoms with van der Waals surface area (Å²) in [5.41, 5.74) is -0.451. The zero-order chi connectivity index (χ0) is 18.1. The molecule has 0 radical (unpaired) electrons. The van der Waals surface area contributed by atoms with Gasteiger partial charge in [-0.1, -0.05) is 11.3 Å². The second kappa shape index (κ2) is 6.65. The van der Waals surface area contributed by atoms with Crippen molar-refractivity contribution >= 4 is 43.8 Å². The van der Waals surface area contributed by atoms with Crippen LogP contribution in [0.25, 0.3) is 0 Å². The van der Waals surface area contributed by atoms with Crippen LogP contribution in [0.3, 0.4) is 0 Å². The smallest absolute Gasteiger partial charge is 0.284 e. The average Bonchev–Trinajstić information content (AvgIpc) is 2.82. The summed E-state index contributed by atoms with van der Waals surface area (Å²) in [7, 11) is -3.51. The standard InChI is InChI=1S/C13H16N4O4S3/c1-13(2,3)14-11-15-16-12(23-11)22-10-6-5-8(24(4,20)21)7-9(10)17(18)19/h5-7H,1-4H3,(H,14,15). The quantitative estimate of drug-likeness (QED) is 0.613. The van der Waals surface area contributed by atoms with Crippen molar-refractivity contribution in [2.24, 2.45) is 0 Å². The Morgan fingerprint density at radius 1 is 1.29 bits per heavy atom. The number of rotatable bonds is 5.